The molecule has 9 heteroatoms. The maximum Gasteiger partial charge on any atom is 0.189 e. The molecule has 2 aliphatic rings. The predicted octanol–water partition coefficient (Wildman–Crippen LogP) is 2.50. The number of thiocarbonyl (C=S) groups is 1. The van der Waals surface area contributed by atoms with Crippen molar-refractivity contribution in [2.75, 3.05) is 43.4 Å². The number of piperazine rings is 1. The van der Waals surface area contributed by atoms with Crippen LogP contribution in [0, 0.1) is 0 Å². The summed E-state index contributed by atoms with van der Waals surface area (Å²) in [5.74, 6) is 0.652. The van der Waals surface area contributed by atoms with Gasteiger partial charge in [-0.3, -0.25) is 5.43 Å². The van der Waals surface area contributed by atoms with E-state index in [2.05, 4.69) is 31.4 Å². The first-order valence-corrected chi connectivity index (χ1v) is 9.90. The number of hydrazone groups is 1. The lowest BCUT2D eigenvalue weighted by Gasteiger charge is -2.37. The molecule has 4 rings (SSSR count). The maximum absolute atomic E-state index is 6.09. The van der Waals surface area contributed by atoms with E-state index in [4.69, 9.17) is 34.3 Å². The minimum absolute atomic E-state index is 0.541. The van der Waals surface area contributed by atoms with E-state index in [-0.39, 0.29) is 0 Å². The largest absolute Gasteiger partial charge is 0.491 e. The summed E-state index contributed by atoms with van der Waals surface area (Å²) in [5, 5.41) is 5.63. The first kappa shape index (κ1) is 18.8. The Bertz CT molecular complexity index is 913. The number of para-hydroxylation sites is 2. The predicted molar refractivity (Wildman–Crippen MR) is 116 cm³/mol. The first-order valence-electron chi connectivity index (χ1n) is 9.11. The van der Waals surface area contributed by atoms with Crippen LogP contribution in [0.2, 0.25) is 5.02 Å². The highest BCUT2D eigenvalue weighted by atomic mass is 35.5. The van der Waals surface area contributed by atoms with Gasteiger partial charge in [0.15, 0.2) is 5.11 Å². The summed E-state index contributed by atoms with van der Waals surface area (Å²) in [6.07, 6.45) is 2.26. The van der Waals surface area contributed by atoms with E-state index in [9.17, 15) is 0 Å². The van der Waals surface area contributed by atoms with Crippen molar-refractivity contribution in [2.24, 2.45) is 5.10 Å². The van der Waals surface area contributed by atoms with E-state index in [1.165, 1.54) is 0 Å². The fourth-order valence-corrected chi connectivity index (χ4v) is 3.72. The van der Waals surface area contributed by atoms with E-state index < -0.39 is 0 Å². The number of hydrogen-bond donors (Lipinski definition) is 2. The van der Waals surface area contributed by atoms with Crippen molar-refractivity contribution in [1.82, 2.24) is 15.3 Å². The highest BCUT2D eigenvalue weighted by Crippen LogP contribution is 2.26. The second-order valence-corrected chi connectivity index (χ2v) is 7.43. The van der Waals surface area contributed by atoms with Gasteiger partial charge in [-0.05, 0) is 24.4 Å². The zero-order valence-electron chi connectivity index (χ0n) is 15.3. The summed E-state index contributed by atoms with van der Waals surface area (Å²) in [6, 6.07) is 9.69. The number of rotatable bonds is 2. The molecule has 0 spiro atoms. The molecule has 0 amide bonds. The number of benzene rings is 1. The number of pyridine rings is 1. The molecule has 1 aromatic heterocycles. The molecule has 1 aromatic carbocycles. The van der Waals surface area contributed by atoms with Gasteiger partial charge in [-0.1, -0.05) is 23.7 Å². The maximum atomic E-state index is 6.09. The van der Waals surface area contributed by atoms with E-state index in [1.807, 2.05) is 18.2 Å². The van der Waals surface area contributed by atoms with Crippen molar-refractivity contribution < 1.29 is 4.74 Å². The molecule has 2 aromatic rings. The summed E-state index contributed by atoms with van der Waals surface area (Å²) in [6.45, 7) is 3.85. The molecule has 146 valence electrons. The Morgan fingerprint density at radius 1 is 1.25 bits per heavy atom. The lowest BCUT2D eigenvalue weighted by Crippen LogP contribution is -2.51. The Hall–Kier alpha value is -2.58. The zero-order valence-corrected chi connectivity index (χ0v) is 16.8. The van der Waals surface area contributed by atoms with Crippen LogP contribution in [-0.4, -0.2) is 53.5 Å². The van der Waals surface area contributed by atoms with Crippen molar-refractivity contribution in [3.63, 3.8) is 0 Å². The third kappa shape index (κ3) is 3.98. The molecule has 7 nitrogen and oxygen atoms in total. The molecular formula is C19H21ClN6OS. The SMILES string of the molecule is Nc1ccccc1N1CCN(C(=S)N/N=C2/CCOc3cc(Cl)cnc32)CC1. The molecule has 28 heavy (non-hydrogen) atoms. The van der Waals surface area contributed by atoms with Crippen LogP contribution in [0.15, 0.2) is 41.6 Å². The Balaban J connectivity index is 1.37. The molecule has 3 N–H and O–H groups in total. The number of nitrogens with two attached hydrogens (primary N) is 1. The Kier molecular flexibility index (Phi) is 5.50. The third-order valence-electron chi connectivity index (χ3n) is 4.82. The highest BCUT2D eigenvalue weighted by molar-refractivity contribution is 7.80. The zero-order chi connectivity index (χ0) is 19.5. The van der Waals surface area contributed by atoms with Crippen LogP contribution in [-0.2, 0) is 0 Å². The van der Waals surface area contributed by atoms with Crippen molar-refractivity contribution in [3.05, 3.63) is 47.2 Å². The Labute approximate surface area is 174 Å². The number of ether oxygens (including phenoxy) is 1. The average molecular weight is 417 g/mol. The molecule has 0 unspecified atom stereocenters. The molecule has 0 aliphatic carbocycles. The lowest BCUT2D eigenvalue weighted by molar-refractivity contribution is 0.318. The molecule has 0 atom stereocenters. The lowest BCUT2D eigenvalue weighted by atomic mass is 10.1. The summed E-state index contributed by atoms with van der Waals surface area (Å²) in [5.41, 5.74) is 12.5. The second kappa shape index (κ2) is 8.20. The summed E-state index contributed by atoms with van der Waals surface area (Å²) >= 11 is 11.5. The van der Waals surface area contributed by atoms with Gasteiger partial charge >= 0.3 is 0 Å². The van der Waals surface area contributed by atoms with Crippen LogP contribution >= 0.6 is 23.8 Å². The fraction of sp³-hybridized carbons (Fsp3) is 0.316. The van der Waals surface area contributed by atoms with Gasteiger partial charge < -0.3 is 20.3 Å². The van der Waals surface area contributed by atoms with Gasteiger partial charge in [-0.2, -0.15) is 5.10 Å². The normalized spacial score (nSPS) is 17.8. The quantitative estimate of drug-likeness (QED) is 0.442. The number of nitrogens with zero attached hydrogens (tertiary/aromatic N) is 4. The number of nitrogens with one attached hydrogen (secondary N) is 1. The number of halogens is 1. The monoisotopic (exact) mass is 416 g/mol. The van der Waals surface area contributed by atoms with Gasteiger partial charge in [0.2, 0.25) is 0 Å². The minimum atomic E-state index is 0.541. The van der Waals surface area contributed by atoms with E-state index >= 15 is 0 Å². The Morgan fingerprint density at radius 2 is 2.04 bits per heavy atom. The number of fused-ring (bicyclic) bond motifs is 1. The first-order chi connectivity index (χ1) is 13.6. The van der Waals surface area contributed by atoms with Gasteiger partial charge in [0, 0.05) is 44.9 Å². The van der Waals surface area contributed by atoms with Crippen LogP contribution in [0.25, 0.3) is 0 Å². The van der Waals surface area contributed by atoms with Crippen LogP contribution in [0.4, 0.5) is 11.4 Å². The third-order valence-corrected chi connectivity index (χ3v) is 5.38. The van der Waals surface area contributed by atoms with Gasteiger partial charge in [-0.25, -0.2) is 4.98 Å². The van der Waals surface area contributed by atoms with Gasteiger partial charge in [0.1, 0.15) is 11.4 Å². The number of anilines is 2. The average Bonchev–Trinajstić information content (AvgIpc) is 2.72. The number of hydrogen-bond acceptors (Lipinski definition) is 6. The van der Waals surface area contributed by atoms with Gasteiger partial charge in [-0.15, -0.1) is 0 Å². The van der Waals surface area contributed by atoms with Gasteiger partial charge in [0.05, 0.1) is 28.7 Å². The fourth-order valence-electron chi connectivity index (χ4n) is 3.34. The topological polar surface area (TPSA) is 79.0 Å². The summed E-state index contributed by atoms with van der Waals surface area (Å²) in [4.78, 5) is 8.74. The van der Waals surface area contributed by atoms with Crippen LogP contribution < -0.4 is 20.8 Å². The second-order valence-electron chi connectivity index (χ2n) is 6.61. The van der Waals surface area contributed by atoms with Gasteiger partial charge in [0.25, 0.3) is 0 Å². The summed E-state index contributed by atoms with van der Waals surface area (Å²) in [7, 11) is 0. The highest BCUT2D eigenvalue weighted by Gasteiger charge is 2.22. The van der Waals surface area contributed by atoms with E-state index in [0.717, 1.165) is 43.3 Å². The molecule has 1 saturated heterocycles. The van der Waals surface area contributed by atoms with E-state index in [1.54, 1.807) is 12.3 Å². The van der Waals surface area contributed by atoms with Crippen molar-refractivity contribution in [3.8, 4) is 5.75 Å². The summed E-state index contributed by atoms with van der Waals surface area (Å²) < 4.78 is 5.61. The minimum Gasteiger partial charge on any atom is -0.491 e. The van der Waals surface area contributed by atoms with Crippen LogP contribution in [0.3, 0.4) is 0 Å². The smallest absolute Gasteiger partial charge is 0.189 e. The van der Waals surface area contributed by atoms with Crippen molar-refractivity contribution in [1.29, 1.82) is 0 Å². The molecule has 0 radical (unpaired) electrons. The molecule has 0 bridgehead atoms. The number of nitrogen functional groups attached to an aromatic ring is 1. The molecule has 3 heterocycles. The van der Waals surface area contributed by atoms with Crippen molar-refractivity contribution >= 4 is 46.0 Å². The molecular weight excluding hydrogens is 396 g/mol. The van der Waals surface area contributed by atoms with Crippen molar-refractivity contribution in [2.45, 2.75) is 6.42 Å². The molecule has 2 aliphatic heterocycles. The van der Waals surface area contributed by atoms with Crippen LogP contribution in [0.1, 0.15) is 12.1 Å². The number of aromatic nitrogens is 1. The molecule has 1 fully saturated rings. The molecule has 0 saturated carbocycles. The van der Waals surface area contributed by atoms with Crippen LogP contribution in [0.5, 0.6) is 5.75 Å². The standard InChI is InChI=1S/C19H21ClN6OS/c20-13-11-17-18(22-12-13)15(5-10-27-17)23-24-19(28)26-8-6-25(7-9-26)16-4-2-1-3-14(16)21/h1-4,11-12H,5-10,21H2,(H,24,28)/b23-15-. The van der Waals surface area contributed by atoms with E-state index in [0.29, 0.717) is 34.6 Å². The Morgan fingerprint density at radius 3 is 2.82 bits per heavy atom.